The second-order valence-electron chi connectivity index (χ2n) is 6.31. The number of aromatic nitrogens is 3. The summed E-state index contributed by atoms with van der Waals surface area (Å²) in [4.78, 5) is 24.0. The zero-order chi connectivity index (χ0) is 18.2. The summed E-state index contributed by atoms with van der Waals surface area (Å²) in [5.41, 5.74) is -2.34. The molecule has 0 aliphatic rings. The molecule has 2 aromatic rings. The first kappa shape index (κ1) is 17.8. The van der Waals surface area contributed by atoms with Crippen LogP contribution in [0.5, 0.6) is 0 Å². The first-order valence-corrected chi connectivity index (χ1v) is 7.43. The molecular formula is C16H19F2N3O3. The standard InChI is InChI=1S/C16H19F2N3O3/c1-6-13-19-21(15(23)20(13)5)12-8-10(17)9(7-11(12)18)14(22)24-16(2,3)4/h7-8H,6H2,1-5H3. The highest BCUT2D eigenvalue weighted by molar-refractivity contribution is 5.90. The molecule has 1 heterocycles. The third kappa shape index (κ3) is 3.37. The van der Waals surface area contributed by atoms with Crippen LogP contribution in [-0.2, 0) is 18.2 Å². The zero-order valence-electron chi connectivity index (χ0n) is 14.2. The van der Waals surface area contributed by atoms with Crippen LogP contribution < -0.4 is 5.69 Å². The lowest BCUT2D eigenvalue weighted by Crippen LogP contribution is -2.25. The maximum atomic E-state index is 14.4. The van der Waals surface area contributed by atoms with Gasteiger partial charge in [0.1, 0.15) is 28.7 Å². The predicted octanol–water partition coefficient (Wildman–Crippen LogP) is 2.37. The Kier molecular flexibility index (Phi) is 4.59. The Bertz CT molecular complexity index is 847. The predicted molar refractivity (Wildman–Crippen MR) is 83.3 cm³/mol. The minimum atomic E-state index is -0.990. The average molecular weight is 339 g/mol. The van der Waals surface area contributed by atoms with Gasteiger partial charge in [-0.05, 0) is 26.8 Å². The maximum Gasteiger partial charge on any atom is 0.350 e. The molecule has 0 fully saturated rings. The number of nitrogens with zero attached hydrogens (tertiary/aromatic N) is 3. The Morgan fingerprint density at radius 1 is 1.25 bits per heavy atom. The highest BCUT2D eigenvalue weighted by Crippen LogP contribution is 2.20. The fraction of sp³-hybridized carbons (Fsp3) is 0.438. The van der Waals surface area contributed by atoms with Gasteiger partial charge in [0.25, 0.3) is 0 Å². The van der Waals surface area contributed by atoms with E-state index in [1.54, 1.807) is 27.7 Å². The number of hydrogen-bond acceptors (Lipinski definition) is 4. The van der Waals surface area contributed by atoms with E-state index in [1.807, 2.05) is 0 Å². The normalized spacial score (nSPS) is 11.6. The summed E-state index contributed by atoms with van der Waals surface area (Å²) in [6, 6.07) is 1.48. The van der Waals surface area contributed by atoms with Gasteiger partial charge in [0.15, 0.2) is 0 Å². The topological polar surface area (TPSA) is 66.1 Å². The molecule has 1 aromatic carbocycles. The van der Waals surface area contributed by atoms with Gasteiger partial charge in [-0.25, -0.2) is 18.4 Å². The smallest absolute Gasteiger partial charge is 0.350 e. The van der Waals surface area contributed by atoms with Crippen LogP contribution in [0.3, 0.4) is 0 Å². The van der Waals surface area contributed by atoms with E-state index in [9.17, 15) is 18.4 Å². The molecule has 0 saturated carbocycles. The van der Waals surface area contributed by atoms with E-state index in [0.29, 0.717) is 18.3 Å². The SMILES string of the molecule is CCc1nn(-c2cc(F)c(C(=O)OC(C)(C)C)cc2F)c(=O)n1C. The Morgan fingerprint density at radius 3 is 2.38 bits per heavy atom. The van der Waals surface area contributed by atoms with Crippen LogP contribution >= 0.6 is 0 Å². The number of ether oxygens (including phenoxy) is 1. The van der Waals surface area contributed by atoms with E-state index in [2.05, 4.69) is 5.10 Å². The zero-order valence-corrected chi connectivity index (χ0v) is 14.2. The number of carbonyl (C=O) groups excluding carboxylic acids is 1. The summed E-state index contributed by atoms with van der Waals surface area (Å²) in [5.74, 6) is -2.49. The van der Waals surface area contributed by atoms with Crippen molar-refractivity contribution >= 4 is 5.97 Å². The molecule has 24 heavy (non-hydrogen) atoms. The van der Waals surface area contributed by atoms with Crippen LogP contribution in [0.1, 0.15) is 43.9 Å². The van der Waals surface area contributed by atoms with E-state index in [0.717, 1.165) is 10.7 Å². The molecule has 0 atom stereocenters. The van der Waals surface area contributed by atoms with Crippen LogP contribution in [0.15, 0.2) is 16.9 Å². The molecule has 0 spiro atoms. The van der Waals surface area contributed by atoms with Crippen LogP contribution in [0.25, 0.3) is 5.69 Å². The Labute approximate surface area is 137 Å². The second kappa shape index (κ2) is 6.18. The van der Waals surface area contributed by atoms with Gasteiger partial charge in [-0.3, -0.25) is 4.57 Å². The molecule has 1 aromatic heterocycles. The summed E-state index contributed by atoms with van der Waals surface area (Å²) in [5, 5.41) is 3.98. The highest BCUT2D eigenvalue weighted by atomic mass is 19.1. The second-order valence-corrected chi connectivity index (χ2v) is 6.31. The number of carbonyl (C=O) groups is 1. The molecular weight excluding hydrogens is 320 g/mol. The van der Waals surface area contributed by atoms with Gasteiger partial charge >= 0.3 is 11.7 Å². The van der Waals surface area contributed by atoms with Gasteiger partial charge in [-0.15, -0.1) is 5.10 Å². The molecule has 0 amide bonds. The van der Waals surface area contributed by atoms with Crippen molar-refractivity contribution in [2.45, 2.75) is 39.7 Å². The molecule has 0 saturated heterocycles. The molecule has 0 N–H and O–H groups in total. The van der Waals surface area contributed by atoms with Gasteiger partial charge in [0.2, 0.25) is 0 Å². The Balaban J connectivity index is 2.52. The summed E-state index contributed by atoms with van der Waals surface area (Å²) >= 11 is 0. The van der Waals surface area contributed by atoms with E-state index in [4.69, 9.17) is 4.74 Å². The largest absolute Gasteiger partial charge is 0.456 e. The van der Waals surface area contributed by atoms with E-state index >= 15 is 0 Å². The van der Waals surface area contributed by atoms with Crippen molar-refractivity contribution in [1.29, 1.82) is 0 Å². The fourth-order valence-corrected chi connectivity index (χ4v) is 2.13. The molecule has 2 rings (SSSR count). The molecule has 0 unspecified atom stereocenters. The Hall–Kier alpha value is -2.51. The van der Waals surface area contributed by atoms with Gasteiger partial charge in [-0.1, -0.05) is 6.92 Å². The number of aryl methyl sites for hydroxylation is 1. The summed E-state index contributed by atoms with van der Waals surface area (Å²) in [6.07, 6.45) is 0.457. The van der Waals surface area contributed by atoms with E-state index in [-0.39, 0.29) is 5.69 Å². The number of rotatable bonds is 3. The van der Waals surface area contributed by atoms with E-state index in [1.165, 1.54) is 11.6 Å². The van der Waals surface area contributed by atoms with Crippen molar-refractivity contribution in [1.82, 2.24) is 14.3 Å². The van der Waals surface area contributed by atoms with Crippen molar-refractivity contribution in [3.8, 4) is 5.69 Å². The third-order valence-electron chi connectivity index (χ3n) is 3.27. The number of hydrogen-bond donors (Lipinski definition) is 0. The highest BCUT2D eigenvalue weighted by Gasteiger charge is 2.24. The first-order chi connectivity index (χ1) is 11.0. The van der Waals surface area contributed by atoms with Crippen molar-refractivity contribution in [2.24, 2.45) is 7.05 Å². The number of benzene rings is 1. The van der Waals surface area contributed by atoms with Crippen LogP contribution in [0.2, 0.25) is 0 Å². The monoisotopic (exact) mass is 339 g/mol. The average Bonchev–Trinajstić information content (AvgIpc) is 2.75. The van der Waals surface area contributed by atoms with Gasteiger partial charge in [0.05, 0.1) is 5.56 Å². The van der Waals surface area contributed by atoms with Crippen molar-refractivity contribution in [3.63, 3.8) is 0 Å². The van der Waals surface area contributed by atoms with Crippen molar-refractivity contribution in [2.75, 3.05) is 0 Å². The summed E-state index contributed by atoms with van der Waals surface area (Å²) in [6.45, 7) is 6.64. The van der Waals surface area contributed by atoms with Crippen LogP contribution in [0.4, 0.5) is 8.78 Å². The molecule has 0 aliphatic carbocycles. The van der Waals surface area contributed by atoms with Gasteiger partial charge in [-0.2, -0.15) is 4.68 Å². The first-order valence-electron chi connectivity index (χ1n) is 7.43. The van der Waals surface area contributed by atoms with Crippen LogP contribution in [-0.4, -0.2) is 25.9 Å². The number of esters is 1. The van der Waals surface area contributed by atoms with Crippen molar-refractivity contribution < 1.29 is 18.3 Å². The molecule has 8 heteroatoms. The minimum Gasteiger partial charge on any atom is -0.456 e. The molecule has 0 bridgehead atoms. The fourth-order valence-electron chi connectivity index (χ4n) is 2.13. The lowest BCUT2D eigenvalue weighted by atomic mass is 10.1. The Morgan fingerprint density at radius 2 is 1.88 bits per heavy atom. The van der Waals surface area contributed by atoms with Gasteiger partial charge < -0.3 is 4.74 Å². The lowest BCUT2D eigenvalue weighted by molar-refractivity contribution is 0.00641. The molecule has 0 radical (unpaired) electrons. The molecule has 6 nitrogen and oxygen atoms in total. The maximum absolute atomic E-state index is 14.4. The minimum absolute atomic E-state index is 0.361. The molecule has 0 aliphatic heterocycles. The lowest BCUT2D eigenvalue weighted by Gasteiger charge is -2.19. The van der Waals surface area contributed by atoms with E-state index < -0.39 is 34.5 Å². The van der Waals surface area contributed by atoms with Gasteiger partial charge in [0, 0.05) is 19.5 Å². The summed E-state index contributed by atoms with van der Waals surface area (Å²) in [7, 11) is 1.49. The number of halogens is 2. The molecule has 130 valence electrons. The third-order valence-corrected chi connectivity index (χ3v) is 3.27. The van der Waals surface area contributed by atoms with Crippen LogP contribution in [0, 0.1) is 11.6 Å². The summed E-state index contributed by atoms with van der Waals surface area (Å²) < 4.78 is 35.7. The quantitative estimate of drug-likeness (QED) is 0.805. The van der Waals surface area contributed by atoms with Crippen molar-refractivity contribution in [3.05, 3.63) is 45.6 Å².